The van der Waals surface area contributed by atoms with Crippen LogP contribution in [0, 0.1) is 34.5 Å². The number of carbonyl (C=O) groups is 4. The molecule has 2 heterocycles. The summed E-state index contributed by atoms with van der Waals surface area (Å²) in [7, 11) is 0. The zero-order valence-corrected chi connectivity index (χ0v) is 20.6. The van der Waals surface area contributed by atoms with Gasteiger partial charge in [-0.05, 0) is 36.2 Å². The highest BCUT2D eigenvalue weighted by atomic mass is 16.6. The van der Waals surface area contributed by atoms with E-state index in [0.29, 0.717) is 5.57 Å². The minimum absolute atomic E-state index is 0.0278. The monoisotopic (exact) mass is 508 g/mol. The first-order chi connectivity index (χ1) is 16.7. The third-order valence-electron chi connectivity index (χ3n) is 9.50. The highest BCUT2D eigenvalue weighted by Crippen LogP contribution is 2.72. The maximum Gasteiger partial charge on any atom is 0.348 e. The van der Waals surface area contributed by atoms with Crippen LogP contribution in [0.5, 0.6) is 0 Å². The molecule has 0 amide bonds. The van der Waals surface area contributed by atoms with Crippen molar-refractivity contribution in [2.24, 2.45) is 34.5 Å². The lowest BCUT2D eigenvalue weighted by molar-refractivity contribution is -0.290. The Morgan fingerprint density at radius 3 is 2.47 bits per heavy atom. The predicted molar refractivity (Wildman–Crippen MR) is 118 cm³/mol. The summed E-state index contributed by atoms with van der Waals surface area (Å²) in [6.45, 7) is 6.64. The number of aliphatic hydroxyl groups excluding tert-OH is 3. The van der Waals surface area contributed by atoms with E-state index in [0.717, 1.165) is 0 Å². The molecule has 0 aromatic carbocycles. The van der Waals surface area contributed by atoms with E-state index in [9.17, 15) is 39.6 Å². The molecule has 36 heavy (non-hydrogen) atoms. The Labute approximate surface area is 207 Å². The molecule has 0 unspecified atom stereocenters. The number of aliphatic carboxylic acids is 1. The lowest BCUT2D eigenvalue weighted by atomic mass is 9.38. The lowest BCUT2D eigenvalue weighted by Crippen LogP contribution is -2.79. The molecule has 0 aromatic heterocycles. The summed E-state index contributed by atoms with van der Waals surface area (Å²) in [5.41, 5.74) is -4.42. The number of hydrogen-bond acceptors (Lipinski definition) is 10. The van der Waals surface area contributed by atoms with Crippen molar-refractivity contribution in [1.29, 1.82) is 0 Å². The highest BCUT2D eigenvalue weighted by Gasteiger charge is 2.85. The molecule has 10 atom stereocenters. The van der Waals surface area contributed by atoms with Crippen molar-refractivity contribution in [3.8, 4) is 0 Å². The fourth-order valence-electron chi connectivity index (χ4n) is 8.23. The van der Waals surface area contributed by atoms with Gasteiger partial charge in [0.1, 0.15) is 12.2 Å². The summed E-state index contributed by atoms with van der Waals surface area (Å²) >= 11 is 0. The van der Waals surface area contributed by atoms with Gasteiger partial charge in [-0.15, -0.1) is 0 Å². The summed E-state index contributed by atoms with van der Waals surface area (Å²) in [4.78, 5) is 51.4. The minimum atomic E-state index is -2.43. The lowest BCUT2D eigenvalue weighted by Gasteiger charge is -2.67. The Morgan fingerprint density at radius 1 is 1.19 bits per heavy atom. The molecule has 4 fully saturated rings. The Morgan fingerprint density at radius 2 is 1.86 bits per heavy atom. The van der Waals surface area contributed by atoms with Crippen LogP contribution in [0.25, 0.3) is 0 Å². The molecule has 2 aliphatic heterocycles. The van der Waals surface area contributed by atoms with E-state index in [-0.39, 0.29) is 37.5 Å². The number of allylic oxidation sites excluding steroid dienone is 2. The van der Waals surface area contributed by atoms with Crippen molar-refractivity contribution in [2.75, 3.05) is 6.61 Å². The number of aliphatic hydroxyl groups is 3. The average Bonchev–Trinajstić information content (AvgIpc) is 3.08. The quantitative estimate of drug-likeness (QED) is 0.389. The number of carboxylic acids is 1. The second-order valence-electron chi connectivity index (χ2n) is 11.7. The van der Waals surface area contributed by atoms with E-state index < -0.39 is 82.3 Å². The number of ether oxygens (including phenoxy) is 3. The predicted octanol–water partition coefficient (Wildman–Crippen LogP) is 0.509. The van der Waals surface area contributed by atoms with E-state index in [4.69, 9.17) is 14.2 Å². The SMILES string of the molecule is CC1=C(O)C(=O)C[C@]2(C)[C@H]3[C@@H](O)[C@H](O)[C@@]4(C(=O)O)OC[C@@]35[C@@H](C[C@@H]12)OC(=O)[C@H](OC(=O)CC(C)C)[C@@H]45. The van der Waals surface area contributed by atoms with Gasteiger partial charge in [0.05, 0.1) is 18.6 Å². The van der Waals surface area contributed by atoms with Crippen LogP contribution in [-0.4, -0.2) is 80.7 Å². The maximum absolute atomic E-state index is 13.3. The van der Waals surface area contributed by atoms with Crippen molar-refractivity contribution >= 4 is 23.7 Å². The number of fused-ring (bicyclic) bond motifs is 2. The van der Waals surface area contributed by atoms with E-state index in [1.807, 2.05) is 0 Å². The number of hydrogen-bond donors (Lipinski definition) is 4. The first kappa shape index (κ1) is 25.2. The number of carboxylic acid groups (broad SMARTS) is 1. The van der Waals surface area contributed by atoms with Crippen LogP contribution in [0.1, 0.15) is 47.0 Å². The van der Waals surface area contributed by atoms with Gasteiger partial charge in [0.2, 0.25) is 11.7 Å². The van der Waals surface area contributed by atoms with Crippen LogP contribution in [0.15, 0.2) is 11.3 Å². The smallest absolute Gasteiger partial charge is 0.348 e. The van der Waals surface area contributed by atoms with Gasteiger partial charge in [-0.3, -0.25) is 9.59 Å². The first-order valence-corrected chi connectivity index (χ1v) is 12.3. The normalized spacial score (nSPS) is 47.2. The molecule has 4 N–H and O–H groups in total. The molecule has 0 radical (unpaired) electrons. The third kappa shape index (κ3) is 2.84. The molecular weight excluding hydrogens is 476 g/mol. The molecule has 198 valence electrons. The van der Waals surface area contributed by atoms with Gasteiger partial charge in [-0.2, -0.15) is 0 Å². The number of esters is 2. The van der Waals surface area contributed by atoms with E-state index in [1.54, 1.807) is 27.7 Å². The van der Waals surface area contributed by atoms with Gasteiger partial charge in [0, 0.05) is 24.2 Å². The Kier molecular flexibility index (Phi) is 5.42. The van der Waals surface area contributed by atoms with Crippen molar-refractivity contribution in [3.63, 3.8) is 0 Å². The first-order valence-electron chi connectivity index (χ1n) is 12.3. The van der Waals surface area contributed by atoms with Crippen LogP contribution < -0.4 is 0 Å². The standard InChI is InChI=1S/C25H32O11/c1-9(2)5-14(27)36-17-19-24-8-34-25(19,22(32)33)20(30)16(29)18(24)23(4)7-12(26)15(28)10(3)11(23)6-13(24)35-21(17)31/h9,11,13,16-20,28-30H,5-8H2,1-4H3,(H,32,33)/t11-,13+,16+,17+,18+,19+,20-,23-,24+,25-/m0/s1. The largest absolute Gasteiger partial charge is 0.504 e. The zero-order valence-electron chi connectivity index (χ0n) is 20.6. The molecule has 5 aliphatic rings. The highest BCUT2D eigenvalue weighted by molar-refractivity contribution is 5.95. The number of rotatable bonds is 4. The second-order valence-corrected chi connectivity index (χ2v) is 11.7. The molecule has 3 aliphatic carbocycles. The van der Waals surface area contributed by atoms with Gasteiger partial charge >= 0.3 is 17.9 Å². The van der Waals surface area contributed by atoms with Crippen LogP contribution in [0.3, 0.4) is 0 Å². The maximum atomic E-state index is 13.3. The van der Waals surface area contributed by atoms with Crippen molar-refractivity contribution < 1.29 is 53.8 Å². The minimum Gasteiger partial charge on any atom is -0.504 e. The summed E-state index contributed by atoms with van der Waals surface area (Å²) in [5.74, 6) is -7.08. The Balaban J connectivity index is 1.71. The number of Topliss-reactive ketones (excluding diaryl/α,β-unsaturated/α-hetero) is 1. The van der Waals surface area contributed by atoms with Gasteiger partial charge in [0.15, 0.2) is 11.5 Å². The summed E-state index contributed by atoms with van der Waals surface area (Å²) in [6, 6.07) is 0. The van der Waals surface area contributed by atoms with Crippen LogP contribution >= 0.6 is 0 Å². The summed E-state index contributed by atoms with van der Waals surface area (Å²) in [6.07, 6.45) is -6.32. The van der Waals surface area contributed by atoms with Gasteiger partial charge < -0.3 is 34.6 Å². The van der Waals surface area contributed by atoms with Crippen molar-refractivity contribution in [2.45, 2.75) is 77.0 Å². The molecule has 0 aromatic rings. The number of ketones is 1. The van der Waals surface area contributed by atoms with Gasteiger partial charge in [-0.1, -0.05) is 20.8 Å². The summed E-state index contributed by atoms with van der Waals surface area (Å²) in [5, 5.41) is 43.5. The average molecular weight is 509 g/mol. The fourth-order valence-corrected chi connectivity index (χ4v) is 8.23. The van der Waals surface area contributed by atoms with E-state index >= 15 is 0 Å². The van der Waals surface area contributed by atoms with E-state index in [1.165, 1.54) is 0 Å². The fraction of sp³-hybridized carbons (Fsp3) is 0.760. The topological polar surface area (TPSA) is 177 Å². The van der Waals surface area contributed by atoms with E-state index in [2.05, 4.69) is 0 Å². The molecule has 11 nitrogen and oxygen atoms in total. The zero-order chi connectivity index (χ0) is 26.5. The van der Waals surface area contributed by atoms with Gasteiger partial charge in [-0.25, -0.2) is 9.59 Å². The molecule has 1 spiro atoms. The van der Waals surface area contributed by atoms with Crippen molar-refractivity contribution in [1.82, 2.24) is 0 Å². The number of carbonyl (C=O) groups excluding carboxylic acids is 3. The van der Waals surface area contributed by atoms with Gasteiger partial charge in [0.25, 0.3) is 0 Å². The Hall–Kier alpha value is -2.50. The van der Waals surface area contributed by atoms with Crippen LogP contribution in [0.2, 0.25) is 0 Å². The molecule has 2 saturated carbocycles. The second kappa shape index (κ2) is 7.75. The third-order valence-corrected chi connectivity index (χ3v) is 9.50. The van der Waals surface area contributed by atoms with Crippen molar-refractivity contribution in [3.05, 3.63) is 11.3 Å². The summed E-state index contributed by atoms with van der Waals surface area (Å²) < 4.78 is 17.2. The van der Waals surface area contributed by atoms with Crippen LogP contribution in [-0.2, 0) is 33.4 Å². The molecule has 5 rings (SSSR count). The Bertz CT molecular complexity index is 1080. The van der Waals surface area contributed by atoms with Crippen LogP contribution in [0.4, 0.5) is 0 Å². The molecular formula is C25H32O11. The molecule has 2 saturated heterocycles. The molecule has 11 heteroatoms. The molecule has 2 bridgehead atoms.